The molecule has 5 nitrogen and oxygen atoms in total. The summed E-state index contributed by atoms with van der Waals surface area (Å²) in [6, 6.07) is 24.1. The lowest BCUT2D eigenvalue weighted by molar-refractivity contribution is -0.137. The fraction of sp³-hybridized carbons (Fsp3) is 0.100. The van der Waals surface area contributed by atoms with Gasteiger partial charge in [0, 0.05) is 17.1 Å². The van der Waals surface area contributed by atoms with Gasteiger partial charge >= 0.3 is 6.18 Å². The topological polar surface area (TPSA) is 54.3 Å². The van der Waals surface area contributed by atoms with Gasteiger partial charge in [-0.05, 0) is 85.2 Å². The van der Waals surface area contributed by atoms with E-state index < -0.39 is 23.6 Å². The fourth-order valence-electron chi connectivity index (χ4n) is 4.63. The first-order chi connectivity index (χ1) is 18.5. The molecule has 1 aliphatic rings. The number of hydrogen-bond acceptors (Lipinski definition) is 3. The van der Waals surface area contributed by atoms with Gasteiger partial charge in [0.25, 0.3) is 11.8 Å². The van der Waals surface area contributed by atoms with E-state index in [1.807, 2.05) is 79.1 Å². The predicted octanol–water partition coefficient (Wildman–Crippen LogP) is 6.61. The van der Waals surface area contributed by atoms with E-state index >= 15 is 0 Å². The number of amides is 2. The van der Waals surface area contributed by atoms with Crippen molar-refractivity contribution >= 4 is 40.9 Å². The number of halogens is 3. The third kappa shape index (κ3) is 5.00. The van der Waals surface area contributed by atoms with Gasteiger partial charge in [-0.2, -0.15) is 13.2 Å². The number of carbonyl (C=O) groups is 2. The third-order valence-corrected chi connectivity index (χ3v) is 6.82. The summed E-state index contributed by atoms with van der Waals surface area (Å²) in [5.74, 6) is -1.52. The summed E-state index contributed by atoms with van der Waals surface area (Å²) in [7, 11) is 0. The molecule has 0 radical (unpaired) electrons. The molecule has 1 saturated heterocycles. The smallest absolute Gasteiger partial charge is 0.318 e. The van der Waals surface area contributed by atoms with Crippen molar-refractivity contribution in [1.82, 2.24) is 9.88 Å². The third-order valence-electron chi connectivity index (χ3n) is 6.54. The van der Waals surface area contributed by atoms with Crippen LogP contribution < -0.4 is 10.2 Å². The molecule has 0 aliphatic carbocycles. The van der Waals surface area contributed by atoms with Crippen LogP contribution in [0, 0.1) is 13.8 Å². The monoisotopic (exact) mass is 545 g/mol. The largest absolute Gasteiger partial charge is 0.416 e. The van der Waals surface area contributed by atoms with Crippen molar-refractivity contribution in [1.29, 1.82) is 0 Å². The lowest BCUT2D eigenvalue weighted by Crippen LogP contribution is -2.54. The molecule has 39 heavy (non-hydrogen) atoms. The number of alkyl halides is 3. The molecule has 2 amide bonds. The van der Waals surface area contributed by atoms with Gasteiger partial charge in [-0.25, -0.2) is 0 Å². The molecule has 0 bridgehead atoms. The highest BCUT2D eigenvalue weighted by atomic mass is 32.1. The average Bonchev–Trinajstić information content (AvgIpc) is 3.19. The molecule has 1 aliphatic heterocycles. The van der Waals surface area contributed by atoms with Crippen molar-refractivity contribution in [2.24, 2.45) is 0 Å². The van der Waals surface area contributed by atoms with Crippen LogP contribution in [0.5, 0.6) is 0 Å². The minimum absolute atomic E-state index is 0.0882. The van der Waals surface area contributed by atoms with Crippen LogP contribution in [0.3, 0.4) is 0 Å². The first-order valence-electron chi connectivity index (χ1n) is 12.0. The fourth-order valence-corrected chi connectivity index (χ4v) is 4.91. The number of anilines is 1. The SMILES string of the molecule is Cc1cc(/C=C2/C(=O)NC(=S)N(c3cccc(C(F)(F)F)c3)C2=O)c(C)n1-c1ccc(-c2ccccc2)cc1. The Morgan fingerprint density at radius 3 is 2.15 bits per heavy atom. The first kappa shape index (κ1) is 26.1. The molecule has 1 fully saturated rings. The van der Waals surface area contributed by atoms with Crippen LogP contribution >= 0.6 is 12.2 Å². The van der Waals surface area contributed by atoms with Crippen LogP contribution in [-0.2, 0) is 15.8 Å². The van der Waals surface area contributed by atoms with Crippen molar-refractivity contribution in [2.45, 2.75) is 20.0 Å². The van der Waals surface area contributed by atoms with Crippen LogP contribution in [0.25, 0.3) is 22.9 Å². The number of aromatic nitrogens is 1. The highest BCUT2D eigenvalue weighted by molar-refractivity contribution is 7.80. The van der Waals surface area contributed by atoms with E-state index in [4.69, 9.17) is 12.2 Å². The minimum atomic E-state index is -4.60. The van der Waals surface area contributed by atoms with Gasteiger partial charge in [0.2, 0.25) is 0 Å². The molecule has 196 valence electrons. The quantitative estimate of drug-likeness (QED) is 0.178. The van der Waals surface area contributed by atoms with Gasteiger partial charge in [0.15, 0.2) is 5.11 Å². The molecule has 1 aromatic heterocycles. The van der Waals surface area contributed by atoms with Crippen molar-refractivity contribution in [3.63, 3.8) is 0 Å². The van der Waals surface area contributed by atoms with Crippen molar-refractivity contribution in [3.8, 4) is 16.8 Å². The summed E-state index contributed by atoms with van der Waals surface area (Å²) in [5, 5.41) is 2.14. The Labute approximate surface area is 228 Å². The molecule has 0 unspecified atom stereocenters. The van der Waals surface area contributed by atoms with E-state index in [1.54, 1.807) is 0 Å². The Kier molecular flexibility index (Phi) is 6.69. The van der Waals surface area contributed by atoms with Crippen molar-refractivity contribution < 1.29 is 22.8 Å². The second kappa shape index (κ2) is 9.99. The van der Waals surface area contributed by atoms with E-state index in [2.05, 4.69) is 5.32 Å². The van der Waals surface area contributed by atoms with Gasteiger partial charge in [0.1, 0.15) is 5.57 Å². The van der Waals surface area contributed by atoms with Gasteiger partial charge in [-0.3, -0.25) is 19.8 Å². The Bertz CT molecular complexity index is 1640. The summed E-state index contributed by atoms with van der Waals surface area (Å²) in [4.78, 5) is 27.0. The molecule has 5 rings (SSSR count). The first-order valence-corrected chi connectivity index (χ1v) is 12.4. The van der Waals surface area contributed by atoms with Crippen LogP contribution in [0.2, 0.25) is 0 Å². The molecule has 0 saturated carbocycles. The standard InChI is InChI=1S/C30H22F3N3O2S/c1-18-15-22(19(2)35(18)24-13-11-21(12-14-24)20-7-4-3-5-8-20)16-26-27(37)34-29(39)36(28(26)38)25-10-6-9-23(17-25)30(31,32)33/h3-17H,1-2H3,(H,34,37,39)/b26-16-. The van der Waals surface area contributed by atoms with E-state index in [0.717, 1.165) is 45.2 Å². The zero-order valence-corrected chi connectivity index (χ0v) is 21.7. The Morgan fingerprint density at radius 1 is 0.821 bits per heavy atom. The second-order valence-corrected chi connectivity index (χ2v) is 9.47. The molecule has 0 spiro atoms. The minimum Gasteiger partial charge on any atom is -0.318 e. The summed E-state index contributed by atoms with van der Waals surface area (Å²) in [6.07, 6.45) is -3.16. The van der Waals surface area contributed by atoms with E-state index in [0.29, 0.717) is 5.56 Å². The van der Waals surface area contributed by atoms with Crippen LogP contribution in [-0.4, -0.2) is 21.5 Å². The molecule has 4 aromatic rings. The maximum Gasteiger partial charge on any atom is 0.416 e. The molecule has 9 heteroatoms. The number of thiocarbonyl (C=S) groups is 1. The summed E-state index contributed by atoms with van der Waals surface area (Å²) >= 11 is 5.14. The summed E-state index contributed by atoms with van der Waals surface area (Å²) in [5.41, 5.74) is 4.10. The zero-order chi connectivity index (χ0) is 27.9. The van der Waals surface area contributed by atoms with E-state index in [-0.39, 0.29) is 16.4 Å². The molecule has 0 atom stereocenters. The van der Waals surface area contributed by atoms with Gasteiger partial charge in [0.05, 0.1) is 11.3 Å². The number of carbonyl (C=O) groups excluding carboxylic acids is 2. The average molecular weight is 546 g/mol. The van der Waals surface area contributed by atoms with Crippen LogP contribution in [0.15, 0.2) is 90.5 Å². The zero-order valence-electron chi connectivity index (χ0n) is 20.9. The lowest BCUT2D eigenvalue weighted by Gasteiger charge is -2.29. The Hall–Kier alpha value is -4.50. The summed E-state index contributed by atoms with van der Waals surface area (Å²) < 4.78 is 41.8. The van der Waals surface area contributed by atoms with Crippen molar-refractivity contribution in [2.75, 3.05) is 4.90 Å². The number of hydrogen-bond donors (Lipinski definition) is 1. The molecule has 2 heterocycles. The lowest BCUT2D eigenvalue weighted by atomic mass is 10.1. The number of rotatable bonds is 4. The van der Waals surface area contributed by atoms with Gasteiger partial charge < -0.3 is 4.57 Å². The van der Waals surface area contributed by atoms with Gasteiger partial charge in [-0.1, -0.05) is 48.5 Å². The number of benzene rings is 3. The maximum atomic E-state index is 13.4. The highest BCUT2D eigenvalue weighted by Crippen LogP contribution is 2.33. The predicted molar refractivity (Wildman–Crippen MR) is 148 cm³/mol. The molecule has 3 aromatic carbocycles. The van der Waals surface area contributed by atoms with E-state index in [1.165, 1.54) is 18.2 Å². The highest BCUT2D eigenvalue weighted by Gasteiger charge is 2.37. The number of nitrogens with one attached hydrogen (secondary N) is 1. The maximum absolute atomic E-state index is 13.4. The van der Waals surface area contributed by atoms with Gasteiger partial charge in [-0.15, -0.1) is 0 Å². The second-order valence-electron chi connectivity index (χ2n) is 9.08. The van der Waals surface area contributed by atoms with Crippen LogP contribution in [0.1, 0.15) is 22.5 Å². The Morgan fingerprint density at radius 2 is 1.49 bits per heavy atom. The summed E-state index contributed by atoms with van der Waals surface area (Å²) in [6.45, 7) is 3.78. The van der Waals surface area contributed by atoms with Crippen LogP contribution in [0.4, 0.5) is 18.9 Å². The normalized spacial score (nSPS) is 15.2. The Balaban J connectivity index is 1.49. The number of aryl methyl sites for hydroxylation is 1. The number of nitrogens with zero attached hydrogens (tertiary/aromatic N) is 2. The van der Waals surface area contributed by atoms with E-state index in [9.17, 15) is 22.8 Å². The molecular weight excluding hydrogens is 523 g/mol. The van der Waals surface area contributed by atoms with Crippen molar-refractivity contribution in [3.05, 3.63) is 113 Å². The molecule has 1 N–H and O–H groups in total. The molecular formula is C30H22F3N3O2S.